The van der Waals surface area contributed by atoms with Crippen molar-refractivity contribution in [3.63, 3.8) is 0 Å². The zero-order valence-corrected chi connectivity index (χ0v) is 10.7. The molecule has 0 radical (unpaired) electrons. The Labute approximate surface area is 103 Å². The summed E-state index contributed by atoms with van der Waals surface area (Å²) in [7, 11) is 0. The Morgan fingerprint density at radius 2 is 2.31 bits per heavy atom. The molecule has 0 aliphatic carbocycles. The van der Waals surface area contributed by atoms with Crippen molar-refractivity contribution in [2.45, 2.75) is 38.6 Å². The van der Waals surface area contributed by atoms with Crippen molar-refractivity contribution in [3.8, 4) is 0 Å². The molecule has 1 aliphatic rings. The Kier molecular flexibility index (Phi) is 5.69. The number of rotatable bonds is 5. The van der Waals surface area contributed by atoms with Gasteiger partial charge in [0.15, 0.2) is 0 Å². The minimum Gasteiger partial charge on any atom is -0.392 e. The van der Waals surface area contributed by atoms with E-state index >= 15 is 0 Å². The summed E-state index contributed by atoms with van der Waals surface area (Å²) in [6.45, 7) is 4.12. The summed E-state index contributed by atoms with van der Waals surface area (Å²) >= 11 is 5.04. The number of amides is 1. The van der Waals surface area contributed by atoms with Gasteiger partial charge >= 0.3 is 0 Å². The van der Waals surface area contributed by atoms with E-state index in [0.717, 1.165) is 38.8 Å². The van der Waals surface area contributed by atoms with Gasteiger partial charge in [-0.3, -0.25) is 9.69 Å². The lowest BCUT2D eigenvalue weighted by atomic mass is 10.0. The minimum atomic E-state index is 0.0741. The van der Waals surface area contributed by atoms with Crippen LogP contribution in [0.25, 0.3) is 0 Å². The zero-order valence-electron chi connectivity index (χ0n) is 9.87. The second-order valence-corrected chi connectivity index (χ2v) is 4.71. The topological polar surface area (TPSA) is 58.4 Å². The van der Waals surface area contributed by atoms with Gasteiger partial charge in [-0.25, -0.2) is 0 Å². The van der Waals surface area contributed by atoms with E-state index in [9.17, 15) is 4.79 Å². The lowest BCUT2D eigenvalue weighted by Crippen LogP contribution is -2.50. The number of nitrogens with two attached hydrogens (primary N) is 1. The van der Waals surface area contributed by atoms with Crippen molar-refractivity contribution in [1.82, 2.24) is 10.2 Å². The van der Waals surface area contributed by atoms with Crippen molar-refractivity contribution < 1.29 is 4.79 Å². The van der Waals surface area contributed by atoms with Crippen LogP contribution in [0.3, 0.4) is 0 Å². The van der Waals surface area contributed by atoms with Gasteiger partial charge in [-0.1, -0.05) is 25.6 Å². The molecule has 1 aliphatic heterocycles. The third kappa shape index (κ3) is 4.06. The quantitative estimate of drug-likeness (QED) is 0.696. The number of nitrogens with one attached hydrogen (secondary N) is 1. The number of carbonyl (C=O) groups excluding carboxylic acids is 1. The number of carbonyl (C=O) groups is 1. The molecule has 0 spiro atoms. The molecule has 92 valence electrons. The third-order valence-corrected chi connectivity index (χ3v) is 3.13. The smallest absolute Gasteiger partial charge is 0.234 e. The van der Waals surface area contributed by atoms with E-state index in [0.29, 0.717) is 11.5 Å². The summed E-state index contributed by atoms with van der Waals surface area (Å²) in [4.78, 5) is 14.2. The first kappa shape index (κ1) is 13.4. The predicted molar refractivity (Wildman–Crippen MR) is 69.3 cm³/mol. The molecule has 1 fully saturated rings. The highest BCUT2D eigenvalue weighted by Gasteiger charge is 2.25. The maximum atomic E-state index is 11.6. The first-order chi connectivity index (χ1) is 7.65. The van der Waals surface area contributed by atoms with E-state index in [2.05, 4.69) is 10.2 Å². The number of piperidine rings is 1. The van der Waals surface area contributed by atoms with E-state index < -0.39 is 0 Å². The number of hydrogen-bond acceptors (Lipinski definition) is 3. The summed E-state index contributed by atoms with van der Waals surface area (Å²) in [6.07, 6.45) is 4.22. The van der Waals surface area contributed by atoms with Gasteiger partial charge in [-0.2, -0.15) is 0 Å². The molecule has 1 rings (SSSR count). The summed E-state index contributed by atoms with van der Waals surface area (Å²) in [5, 5.41) is 2.87. The summed E-state index contributed by atoms with van der Waals surface area (Å²) in [5.74, 6) is 0.0741. The van der Waals surface area contributed by atoms with Crippen LogP contribution in [0.1, 0.15) is 32.6 Å². The van der Waals surface area contributed by atoms with E-state index in [1.54, 1.807) is 0 Å². The van der Waals surface area contributed by atoms with Gasteiger partial charge in [0, 0.05) is 6.54 Å². The lowest BCUT2D eigenvalue weighted by molar-refractivity contribution is -0.122. The Hall–Kier alpha value is -0.680. The predicted octanol–water partition coefficient (Wildman–Crippen LogP) is 0.653. The Morgan fingerprint density at radius 1 is 1.56 bits per heavy atom. The van der Waals surface area contributed by atoms with Gasteiger partial charge in [0.05, 0.1) is 17.6 Å². The van der Waals surface area contributed by atoms with Crippen LogP contribution in [0.4, 0.5) is 0 Å². The first-order valence-corrected chi connectivity index (χ1v) is 6.36. The summed E-state index contributed by atoms with van der Waals surface area (Å²) < 4.78 is 0. The monoisotopic (exact) mass is 243 g/mol. The number of hydrogen-bond donors (Lipinski definition) is 2. The molecule has 1 atom stereocenters. The minimum absolute atomic E-state index is 0.0741. The Bertz CT molecular complexity index is 258. The molecule has 3 N–H and O–H groups in total. The normalized spacial score (nSPS) is 21.7. The highest BCUT2D eigenvalue weighted by Crippen LogP contribution is 2.16. The van der Waals surface area contributed by atoms with Crippen LogP contribution >= 0.6 is 12.2 Å². The molecule has 1 saturated heterocycles. The van der Waals surface area contributed by atoms with Crippen LogP contribution in [0.5, 0.6) is 0 Å². The Balaban J connectivity index is 2.43. The highest BCUT2D eigenvalue weighted by atomic mass is 32.1. The molecule has 1 heterocycles. The fourth-order valence-corrected chi connectivity index (χ4v) is 2.27. The number of thiocarbonyl (C=S) groups is 1. The maximum absolute atomic E-state index is 11.6. The average Bonchev–Trinajstić information content (AvgIpc) is 2.27. The maximum Gasteiger partial charge on any atom is 0.234 e. The molecule has 0 saturated carbocycles. The van der Waals surface area contributed by atoms with Gasteiger partial charge in [-0.05, 0) is 25.8 Å². The zero-order chi connectivity index (χ0) is 12.0. The van der Waals surface area contributed by atoms with Crippen LogP contribution < -0.4 is 11.1 Å². The molecule has 4 nitrogen and oxygen atoms in total. The van der Waals surface area contributed by atoms with E-state index in [1.165, 1.54) is 0 Å². The summed E-state index contributed by atoms with van der Waals surface area (Å²) in [5.41, 5.74) is 5.69. The molecule has 1 unspecified atom stereocenters. The second-order valence-electron chi connectivity index (χ2n) is 4.23. The molecule has 0 aromatic heterocycles. The van der Waals surface area contributed by atoms with Crippen molar-refractivity contribution in [2.24, 2.45) is 5.73 Å². The molecule has 0 bridgehead atoms. The van der Waals surface area contributed by atoms with Crippen LogP contribution in [0, 0.1) is 0 Å². The van der Waals surface area contributed by atoms with Gasteiger partial charge < -0.3 is 11.1 Å². The van der Waals surface area contributed by atoms with Crippen LogP contribution in [0.15, 0.2) is 0 Å². The fourth-order valence-electron chi connectivity index (χ4n) is 2.01. The summed E-state index contributed by atoms with van der Waals surface area (Å²) in [6, 6.07) is 0.108. The first-order valence-electron chi connectivity index (χ1n) is 5.95. The molecule has 0 aromatic rings. The largest absolute Gasteiger partial charge is 0.392 e. The highest BCUT2D eigenvalue weighted by molar-refractivity contribution is 7.80. The second kappa shape index (κ2) is 6.81. The van der Waals surface area contributed by atoms with Crippen molar-refractivity contribution in [3.05, 3.63) is 0 Å². The Morgan fingerprint density at radius 3 is 2.94 bits per heavy atom. The van der Waals surface area contributed by atoms with E-state index in [4.69, 9.17) is 18.0 Å². The third-order valence-electron chi connectivity index (χ3n) is 2.86. The molecular formula is C11H21N3OS. The fraction of sp³-hybridized carbons (Fsp3) is 0.818. The van der Waals surface area contributed by atoms with Crippen LogP contribution in [0.2, 0.25) is 0 Å². The number of likely N-dealkylation sites (tertiary alicyclic amines) is 1. The molecule has 1 amide bonds. The van der Waals surface area contributed by atoms with Crippen molar-refractivity contribution in [2.75, 3.05) is 19.6 Å². The van der Waals surface area contributed by atoms with Crippen LogP contribution in [-0.2, 0) is 4.79 Å². The van der Waals surface area contributed by atoms with E-state index in [1.807, 2.05) is 6.92 Å². The van der Waals surface area contributed by atoms with Crippen LogP contribution in [-0.4, -0.2) is 41.5 Å². The SMILES string of the molecule is CCCNC(=O)CN1CCCCC1C(N)=S. The van der Waals surface area contributed by atoms with Gasteiger partial charge in [0.25, 0.3) is 0 Å². The van der Waals surface area contributed by atoms with Gasteiger partial charge in [0.1, 0.15) is 0 Å². The van der Waals surface area contributed by atoms with Gasteiger partial charge in [-0.15, -0.1) is 0 Å². The molecule has 0 aromatic carbocycles. The molecule has 16 heavy (non-hydrogen) atoms. The van der Waals surface area contributed by atoms with E-state index in [-0.39, 0.29) is 11.9 Å². The standard InChI is InChI=1S/C11H21N3OS/c1-2-6-13-10(15)8-14-7-4-3-5-9(14)11(12)16/h9H,2-8H2,1H3,(H2,12,16)(H,13,15). The average molecular weight is 243 g/mol. The van der Waals surface area contributed by atoms with Crippen molar-refractivity contribution in [1.29, 1.82) is 0 Å². The van der Waals surface area contributed by atoms with Crippen molar-refractivity contribution >= 4 is 23.1 Å². The lowest BCUT2D eigenvalue weighted by Gasteiger charge is -2.34. The van der Waals surface area contributed by atoms with Gasteiger partial charge in [0.2, 0.25) is 5.91 Å². The number of nitrogens with zero attached hydrogens (tertiary/aromatic N) is 1. The molecule has 5 heteroatoms. The molecular weight excluding hydrogens is 222 g/mol.